The van der Waals surface area contributed by atoms with Crippen molar-refractivity contribution in [1.82, 2.24) is 0 Å². The minimum Gasteiger partial charge on any atom is -0.477 e. The van der Waals surface area contributed by atoms with Gasteiger partial charge in [-0.2, -0.15) is 10.5 Å². The smallest absolute Gasteiger partial charge is 0.172 e. The Morgan fingerprint density at radius 2 is 1.94 bits per heavy atom. The van der Waals surface area contributed by atoms with Crippen LogP contribution in [0.2, 0.25) is 0 Å². The summed E-state index contributed by atoms with van der Waals surface area (Å²) >= 11 is 0. The van der Waals surface area contributed by atoms with Gasteiger partial charge in [-0.25, -0.2) is 0 Å². The van der Waals surface area contributed by atoms with Gasteiger partial charge in [0.2, 0.25) is 0 Å². The monoisotopic (exact) mass is 246 g/mol. The summed E-state index contributed by atoms with van der Waals surface area (Å²) in [5, 5.41) is 13.0. The van der Waals surface area contributed by atoms with Crippen LogP contribution in [0.25, 0.3) is 0 Å². The lowest BCUT2D eigenvalue weighted by molar-refractivity contribution is -0.00896. The average molecular weight is 246 g/mol. The van der Waals surface area contributed by atoms with Crippen molar-refractivity contribution < 1.29 is 9.47 Å². The Balaban J connectivity index is 2.07. The summed E-state index contributed by atoms with van der Waals surface area (Å²) < 4.78 is 11.3. The summed E-state index contributed by atoms with van der Waals surface area (Å²) in [6.07, 6.45) is 1.23. The molecule has 0 unspecified atom stereocenters. The Kier molecular flexibility index (Phi) is 2.52. The third-order valence-electron chi connectivity index (χ3n) is 3.44. The van der Waals surface area contributed by atoms with E-state index in [1.165, 1.54) is 5.01 Å². The van der Waals surface area contributed by atoms with Crippen molar-refractivity contribution in [2.45, 2.75) is 18.4 Å². The van der Waals surface area contributed by atoms with Crippen LogP contribution in [0.5, 0.6) is 5.75 Å². The van der Waals surface area contributed by atoms with Crippen LogP contribution in [0.15, 0.2) is 29.5 Å². The molecule has 0 aliphatic carbocycles. The van der Waals surface area contributed by atoms with E-state index in [-0.39, 0.29) is 5.84 Å². The maximum absolute atomic E-state index is 8.25. The quantitative estimate of drug-likeness (QED) is 0.746. The second-order valence-corrected chi connectivity index (χ2v) is 4.44. The summed E-state index contributed by atoms with van der Waals surface area (Å²) in [5.41, 5.74) is 7.23. The Labute approximate surface area is 104 Å². The van der Waals surface area contributed by atoms with Crippen molar-refractivity contribution in [3.63, 3.8) is 0 Å². The van der Waals surface area contributed by atoms with E-state index in [9.17, 15) is 0 Å². The molecule has 2 aliphatic heterocycles. The molecule has 0 atom stereocenters. The molecule has 0 radical (unpaired) electrons. The van der Waals surface area contributed by atoms with Crippen molar-refractivity contribution in [2.75, 3.05) is 18.2 Å². The molecular weight excluding hydrogens is 232 g/mol. The topological polar surface area (TPSA) is 81.8 Å². The Hall–Kier alpha value is -1.95. The number of hydrogen-bond donors (Lipinski definition) is 2. The van der Waals surface area contributed by atoms with Crippen molar-refractivity contribution in [2.24, 2.45) is 5.22 Å². The van der Waals surface area contributed by atoms with Crippen LogP contribution in [-0.2, 0) is 4.74 Å². The zero-order valence-corrected chi connectivity index (χ0v) is 9.85. The molecule has 2 N–H and O–H groups in total. The van der Waals surface area contributed by atoms with Gasteiger partial charge >= 0.3 is 0 Å². The molecule has 2 heterocycles. The summed E-state index contributed by atoms with van der Waals surface area (Å²) in [7, 11) is 0. The molecule has 1 fully saturated rings. The van der Waals surface area contributed by atoms with Crippen LogP contribution in [0, 0.1) is 10.9 Å². The number of para-hydroxylation sites is 2. The normalized spacial score (nSPS) is 21.3. The lowest BCUT2D eigenvalue weighted by Crippen LogP contribution is -2.56. The highest BCUT2D eigenvalue weighted by Gasteiger charge is 2.46. The Bertz CT molecular complexity index is 497. The van der Waals surface area contributed by atoms with Crippen molar-refractivity contribution >= 4 is 11.5 Å². The highest BCUT2D eigenvalue weighted by atomic mass is 16.5. The predicted octanol–water partition coefficient (Wildman–Crippen LogP) is 2.36. The highest BCUT2D eigenvalue weighted by molar-refractivity contribution is 6.04. The SMILES string of the molecule is N=NN1C(=N)C2(CCOCC2)Oc2ccccc21. The van der Waals surface area contributed by atoms with Gasteiger partial charge in [-0.15, -0.1) is 0 Å². The molecule has 94 valence electrons. The van der Waals surface area contributed by atoms with Crippen molar-refractivity contribution in [3.8, 4) is 5.75 Å². The first-order valence-electron chi connectivity index (χ1n) is 5.89. The van der Waals surface area contributed by atoms with E-state index in [0.717, 1.165) is 0 Å². The first-order valence-corrected chi connectivity index (χ1v) is 5.89. The van der Waals surface area contributed by atoms with E-state index in [1.54, 1.807) is 6.07 Å². The lowest BCUT2D eigenvalue weighted by atomic mass is 9.90. The second kappa shape index (κ2) is 4.06. The minimum atomic E-state index is -0.697. The second-order valence-electron chi connectivity index (χ2n) is 4.44. The van der Waals surface area contributed by atoms with Crippen LogP contribution in [-0.4, -0.2) is 24.7 Å². The molecule has 6 nitrogen and oxygen atoms in total. The number of ether oxygens (including phenoxy) is 2. The van der Waals surface area contributed by atoms with E-state index < -0.39 is 5.60 Å². The number of hydrogen-bond acceptors (Lipinski definition) is 5. The molecule has 3 rings (SSSR count). The maximum Gasteiger partial charge on any atom is 0.172 e. The van der Waals surface area contributed by atoms with E-state index >= 15 is 0 Å². The maximum atomic E-state index is 8.25. The predicted molar refractivity (Wildman–Crippen MR) is 65.2 cm³/mol. The molecular formula is C12H14N4O2. The van der Waals surface area contributed by atoms with Gasteiger partial charge in [-0.05, 0) is 12.1 Å². The third kappa shape index (κ3) is 1.49. The fourth-order valence-corrected chi connectivity index (χ4v) is 2.43. The van der Waals surface area contributed by atoms with E-state index in [1.807, 2.05) is 18.2 Å². The molecule has 1 aromatic carbocycles. The molecule has 1 aromatic rings. The molecule has 0 amide bonds. The molecule has 0 saturated carbocycles. The van der Waals surface area contributed by atoms with Gasteiger partial charge in [0.05, 0.1) is 13.2 Å². The van der Waals surface area contributed by atoms with Gasteiger partial charge < -0.3 is 9.47 Å². The fourth-order valence-electron chi connectivity index (χ4n) is 2.43. The zero-order chi connectivity index (χ0) is 12.6. The molecule has 0 aromatic heterocycles. The van der Waals surface area contributed by atoms with Crippen LogP contribution >= 0.6 is 0 Å². The first kappa shape index (κ1) is 11.2. The Morgan fingerprint density at radius 1 is 1.22 bits per heavy atom. The van der Waals surface area contributed by atoms with E-state index in [2.05, 4.69) is 5.22 Å². The summed E-state index contributed by atoms with van der Waals surface area (Å²) in [4.78, 5) is 0. The van der Waals surface area contributed by atoms with Gasteiger partial charge in [-0.1, -0.05) is 17.4 Å². The molecule has 6 heteroatoms. The number of nitrogens with zero attached hydrogens (tertiary/aromatic N) is 2. The van der Waals surface area contributed by atoms with Gasteiger partial charge in [0.25, 0.3) is 0 Å². The number of rotatable bonds is 1. The fraction of sp³-hybridized carbons (Fsp3) is 0.417. The number of fused-ring (bicyclic) bond motifs is 1. The number of amidine groups is 1. The standard InChI is InChI=1S/C12H14N4O2/c13-11-12(5-7-17-8-6-12)18-10-4-2-1-3-9(10)16(11)15-14/h1-4,13-14H,5-8H2. The molecule has 0 bridgehead atoms. The highest BCUT2D eigenvalue weighted by Crippen LogP contribution is 2.41. The molecule has 18 heavy (non-hydrogen) atoms. The van der Waals surface area contributed by atoms with Gasteiger partial charge in [0.1, 0.15) is 11.4 Å². The van der Waals surface area contributed by atoms with E-state index in [4.69, 9.17) is 20.4 Å². The lowest BCUT2D eigenvalue weighted by Gasteiger charge is -2.43. The largest absolute Gasteiger partial charge is 0.477 e. The summed E-state index contributed by atoms with van der Waals surface area (Å²) in [6.45, 7) is 1.13. The average Bonchev–Trinajstić information content (AvgIpc) is 2.41. The van der Waals surface area contributed by atoms with Crippen LogP contribution in [0.1, 0.15) is 12.8 Å². The molecule has 1 spiro atoms. The van der Waals surface area contributed by atoms with Gasteiger partial charge in [0, 0.05) is 12.8 Å². The van der Waals surface area contributed by atoms with Gasteiger partial charge in [0.15, 0.2) is 11.4 Å². The number of nitrogens with one attached hydrogen (secondary N) is 2. The molecule has 1 saturated heterocycles. The summed E-state index contributed by atoms with van der Waals surface area (Å²) in [5.74, 6) is 0.894. The molecule has 2 aliphatic rings. The van der Waals surface area contributed by atoms with Crippen molar-refractivity contribution in [1.29, 1.82) is 10.9 Å². The third-order valence-corrected chi connectivity index (χ3v) is 3.44. The summed E-state index contributed by atoms with van der Waals surface area (Å²) in [6, 6.07) is 7.36. The number of benzene rings is 1. The van der Waals surface area contributed by atoms with Gasteiger partial charge in [-0.3, -0.25) is 5.41 Å². The Morgan fingerprint density at radius 3 is 2.67 bits per heavy atom. The van der Waals surface area contributed by atoms with Crippen molar-refractivity contribution in [3.05, 3.63) is 24.3 Å². The van der Waals surface area contributed by atoms with Crippen LogP contribution < -0.4 is 9.75 Å². The van der Waals surface area contributed by atoms with Crippen LogP contribution in [0.4, 0.5) is 5.69 Å². The van der Waals surface area contributed by atoms with E-state index in [0.29, 0.717) is 37.5 Å². The zero-order valence-electron chi connectivity index (χ0n) is 9.85. The van der Waals surface area contributed by atoms with Crippen LogP contribution in [0.3, 0.4) is 0 Å². The first-order chi connectivity index (χ1) is 8.77. The number of anilines is 1. The minimum absolute atomic E-state index is 0.222.